The average Bonchev–Trinajstić information content (AvgIpc) is 2.03. The van der Waals surface area contributed by atoms with Crippen LogP contribution in [0, 0.1) is 0 Å². The first-order valence-corrected chi connectivity index (χ1v) is 15.1. The van der Waals surface area contributed by atoms with Crippen LogP contribution in [0.2, 0.25) is 39.3 Å². The lowest BCUT2D eigenvalue weighted by atomic mass is 10.3. The van der Waals surface area contributed by atoms with Gasteiger partial charge in [-0.3, -0.25) is 0 Å². The highest BCUT2D eigenvalue weighted by Gasteiger charge is 2.34. The summed E-state index contributed by atoms with van der Waals surface area (Å²) in [6.45, 7) is 13.5. The van der Waals surface area contributed by atoms with Crippen molar-refractivity contribution < 1.29 is 8.85 Å². The van der Waals surface area contributed by atoms with Crippen LogP contribution >= 0.6 is 21.6 Å². The molecule has 96 valence electrons. The maximum Gasteiger partial charge on any atom is 0.184 e. The molecule has 1 saturated heterocycles. The van der Waals surface area contributed by atoms with Crippen molar-refractivity contribution in [2.24, 2.45) is 0 Å². The molecule has 16 heavy (non-hydrogen) atoms. The minimum absolute atomic E-state index is 0.310. The van der Waals surface area contributed by atoms with Gasteiger partial charge in [0.1, 0.15) is 0 Å². The van der Waals surface area contributed by atoms with Crippen LogP contribution in [0.25, 0.3) is 0 Å². The average molecular weight is 297 g/mol. The fraction of sp³-hybridized carbons (Fsp3) is 1.00. The van der Waals surface area contributed by atoms with E-state index in [4.69, 9.17) is 8.85 Å². The first-order valence-electron chi connectivity index (χ1n) is 5.77. The van der Waals surface area contributed by atoms with Crippen molar-refractivity contribution >= 4 is 38.2 Å². The zero-order chi connectivity index (χ0) is 12.4. The highest BCUT2D eigenvalue weighted by atomic mass is 33.1. The Labute approximate surface area is 110 Å². The monoisotopic (exact) mass is 296 g/mol. The van der Waals surface area contributed by atoms with Crippen molar-refractivity contribution in [3.8, 4) is 0 Å². The molecule has 0 aromatic carbocycles. The molecule has 0 bridgehead atoms. The van der Waals surface area contributed by atoms with E-state index in [1.54, 1.807) is 0 Å². The summed E-state index contributed by atoms with van der Waals surface area (Å²) in [5.74, 6) is 2.15. The van der Waals surface area contributed by atoms with Crippen molar-refractivity contribution in [2.45, 2.75) is 51.5 Å². The third-order valence-corrected chi connectivity index (χ3v) is 6.40. The van der Waals surface area contributed by atoms with Crippen molar-refractivity contribution in [2.75, 3.05) is 11.5 Å². The lowest BCUT2D eigenvalue weighted by molar-refractivity contribution is 0.0734. The summed E-state index contributed by atoms with van der Waals surface area (Å²) in [6, 6.07) is 0. The summed E-state index contributed by atoms with van der Waals surface area (Å²) in [5, 5.41) is 0. The summed E-state index contributed by atoms with van der Waals surface area (Å²) in [5.41, 5.74) is 0. The van der Waals surface area contributed by atoms with Gasteiger partial charge < -0.3 is 8.85 Å². The molecule has 0 radical (unpaired) electrons. The van der Waals surface area contributed by atoms with E-state index in [1.165, 1.54) is 0 Å². The Morgan fingerprint density at radius 1 is 0.750 bits per heavy atom. The van der Waals surface area contributed by atoms with E-state index in [9.17, 15) is 0 Å². The van der Waals surface area contributed by atoms with Crippen LogP contribution in [-0.4, -0.2) is 40.3 Å². The Morgan fingerprint density at radius 3 is 1.31 bits per heavy atom. The number of hydrogen-bond acceptors (Lipinski definition) is 4. The van der Waals surface area contributed by atoms with Crippen molar-refractivity contribution in [3.63, 3.8) is 0 Å². The van der Waals surface area contributed by atoms with Crippen LogP contribution in [0.4, 0.5) is 0 Å². The summed E-state index contributed by atoms with van der Waals surface area (Å²) in [6.07, 6.45) is 0.620. The van der Waals surface area contributed by atoms with Gasteiger partial charge in [0, 0.05) is 11.5 Å². The molecule has 1 fully saturated rings. The van der Waals surface area contributed by atoms with E-state index >= 15 is 0 Å². The molecule has 0 unspecified atom stereocenters. The summed E-state index contributed by atoms with van der Waals surface area (Å²) < 4.78 is 12.5. The molecule has 0 aromatic heterocycles. The third kappa shape index (κ3) is 6.11. The van der Waals surface area contributed by atoms with Crippen molar-refractivity contribution in [1.82, 2.24) is 0 Å². The molecule has 6 heteroatoms. The topological polar surface area (TPSA) is 18.5 Å². The van der Waals surface area contributed by atoms with E-state index in [-0.39, 0.29) is 0 Å². The molecule has 0 spiro atoms. The van der Waals surface area contributed by atoms with Gasteiger partial charge >= 0.3 is 0 Å². The van der Waals surface area contributed by atoms with Crippen molar-refractivity contribution in [3.05, 3.63) is 0 Å². The predicted octanol–water partition coefficient (Wildman–Crippen LogP) is 3.82. The van der Waals surface area contributed by atoms with Crippen molar-refractivity contribution in [1.29, 1.82) is 0 Å². The lowest BCUT2D eigenvalue weighted by Crippen LogP contribution is -2.48. The predicted molar refractivity (Wildman–Crippen MR) is 81.4 cm³/mol. The minimum Gasteiger partial charge on any atom is -0.411 e. The van der Waals surface area contributed by atoms with E-state index < -0.39 is 16.6 Å². The fourth-order valence-corrected chi connectivity index (χ4v) is 6.51. The molecule has 0 aromatic rings. The van der Waals surface area contributed by atoms with Gasteiger partial charge in [-0.25, -0.2) is 0 Å². The van der Waals surface area contributed by atoms with Gasteiger partial charge in [-0.15, -0.1) is 0 Å². The molecule has 0 amide bonds. The Hall–Kier alpha value is 1.05. The second kappa shape index (κ2) is 5.80. The lowest BCUT2D eigenvalue weighted by Gasteiger charge is -2.38. The molecular formula is C10H24O2S2Si2. The van der Waals surface area contributed by atoms with E-state index in [2.05, 4.69) is 39.3 Å². The van der Waals surface area contributed by atoms with E-state index in [1.807, 2.05) is 21.6 Å². The van der Waals surface area contributed by atoms with Gasteiger partial charge in [0.2, 0.25) is 0 Å². The number of rotatable bonds is 4. The highest BCUT2D eigenvalue weighted by Crippen LogP contribution is 2.34. The van der Waals surface area contributed by atoms with Gasteiger partial charge in [0.05, 0.1) is 12.2 Å². The van der Waals surface area contributed by atoms with Gasteiger partial charge in [0.15, 0.2) is 16.6 Å². The smallest absolute Gasteiger partial charge is 0.184 e. The van der Waals surface area contributed by atoms with Gasteiger partial charge in [0.25, 0.3) is 0 Å². The standard InChI is InChI=1S/C10H24O2S2Si2/c1-15(2,3)11-9-7-13-14-8-10(9)12-16(4,5)6/h9-10H,7-8H2,1-6H3/t9-,10+. The molecule has 1 rings (SSSR count). The fourth-order valence-electron chi connectivity index (χ4n) is 1.57. The molecule has 0 aliphatic carbocycles. The van der Waals surface area contributed by atoms with Gasteiger partial charge in [-0.1, -0.05) is 21.6 Å². The van der Waals surface area contributed by atoms with Crippen LogP contribution in [0.3, 0.4) is 0 Å². The molecular weight excluding hydrogens is 272 g/mol. The van der Waals surface area contributed by atoms with Gasteiger partial charge in [-0.05, 0) is 39.3 Å². The Bertz CT molecular complexity index is 202. The second-order valence-corrected chi connectivity index (χ2v) is 17.6. The zero-order valence-corrected chi connectivity index (χ0v) is 14.8. The largest absolute Gasteiger partial charge is 0.411 e. The Morgan fingerprint density at radius 2 is 1.06 bits per heavy atom. The summed E-state index contributed by atoms with van der Waals surface area (Å²) in [7, 11) is 0.948. The molecule has 0 N–H and O–H groups in total. The molecule has 0 saturated carbocycles. The van der Waals surface area contributed by atoms with Crippen LogP contribution in [-0.2, 0) is 8.85 Å². The maximum absolute atomic E-state index is 6.24. The molecule has 2 atom stereocenters. The highest BCUT2D eigenvalue weighted by molar-refractivity contribution is 8.76. The second-order valence-electron chi connectivity index (χ2n) is 6.11. The Kier molecular flexibility index (Phi) is 5.47. The molecule has 1 aliphatic rings. The van der Waals surface area contributed by atoms with E-state index in [0.29, 0.717) is 12.2 Å². The molecule has 1 heterocycles. The molecule has 1 aliphatic heterocycles. The maximum atomic E-state index is 6.24. The first kappa shape index (κ1) is 15.1. The first-order chi connectivity index (χ1) is 7.17. The minimum atomic E-state index is -1.45. The SMILES string of the molecule is C[Si](C)(C)O[C@H]1CSSC[C@H]1O[Si](C)(C)C. The van der Waals surface area contributed by atoms with Crippen LogP contribution < -0.4 is 0 Å². The van der Waals surface area contributed by atoms with Crippen LogP contribution in [0.1, 0.15) is 0 Å². The summed E-state index contributed by atoms with van der Waals surface area (Å²) in [4.78, 5) is 0. The van der Waals surface area contributed by atoms with Gasteiger partial charge in [-0.2, -0.15) is 0 Å². The van der Waals surface area contributed by atoms with E-state index in [0.717, 1.165) is 11.5 Å². The third-order valence-electron chi connectivity index (χ3n) is 1.97. The molecule has 2 nitrogen and oxygen atoms in total. The zero-order valence-electron chi connectivity index (χ0n) is 11.2. The number of hydrogen-bond donors (Lipinski definition) is 0. The summed E-state index contributed by atoms with van der Waals surface area (Å²) >= 11 is 0. The normalized spacial score (nSPS) is 28.1. The van der Waals surface area contributed by atoms with Crippen LogP contribution in [0.5, 0.6) is 0 Å². The quantitative estimate of drug-likeness (QED) is 0.579. The van der Waals surface area contributed by atoms with Crippen LogP contribution in [0.15, 0.2) is 0 Å². The Balaban J connectivity index is 2.57.